The average Bonchev–Trinajstić information content (AvgIpc) is 2.10. The highest BCUT2D eigenvalue weighted by Gasteiger charge is 2.44. The van der Waals surface area contributed by atoms with Crippen LogP contribution in [0.5, 0.6) is 0 Å². The van der Waals surface area contributed by atoms with Gasteiger partial charge >= 0.3 is 7.12 Å². The Morgan fingerprint density at radius 1 is 1.45 bits per heavy atom. The van der Waals surface area contributed by atoms with Crippen molar-refractivity contribution in [1.29, 1.82) is 0 Å². The van der Waals surface area contributed by atoms with Crippen LogP contribution >= 0.6 is 0 Å². The topological polar surface area (TPSA) is 40.5 Å². The molecule has 0 aromatic carbocycles. The molecule has 0 heterocycles. The Bertz CT molecular complexity index is 141. The molecule has 0 aliphatic heterocycles. The Balaban J connectivity index is 2.45. The van der Waals surface area contributed by atoms with Crippen molar-refractivity contribution in [1.82, 2.24) is 0 Å². The van der Waals surface area contributed by atoms with Crippen molar-refractivity contribution in [3.05, 3.63) is 0 Å². The van der Waals surface area contributed by atoms with E-state index in [0.717, 1.165) is 0 Å². The van der Waals surface area contributed by atoms with Gasteiger partial charge in [0.25, 0.3) is 0 Å². The second kappa shape index (κ2) is 3.07. The van der Waals surface area contributed by atoms with Crippen LogP contribution < -0.4 is 0 Å². The van der Waals surface area contributed by atoms with E-state index in [1.807, 2.05) is 0 Å². The molecule has 5 heteroatoms. The molecule has 2 nitrogen and oxygen atoms in total. The minimum atomic E-state index is -2.68. The van der Waals surface area contributed by atoms with E-state index < -0.39 is 19.0 Å². The van der Waals surface area contributed by atoms with Crippen LogP contribution in [0.4, 0.5) is 8.78 Å². The third-order valence-corrected chi connectivity index (χ3v) is 2.16. The first-order valence-electron chi connectivity index (χ1n) is 3.76. The molecule has 1 fully saturated rings. The molecule has 11 heavy (non-hydrogen) atoms. The molecular formula is C6H11BF2O2. The summed E-state index contributed by atoms with van der Waals surface area (Å²) in [6.07, 6.45) is 0.590. The minimum Gasteiger partial charge on any atom is -0.427 e. The van der Waals surface area contributed by atoms with Gasteiger partial charge in [-0.15, -0.1) is 0 Å². The maximum absolute atomic E-state index is 12.7. The Morgan fingerprint density at radius 2 is 2.09 bits per heavy atom. The summed E-state index contributed by atoms with van der Waals surface area (Å²) in [5, 5.41) is 16.9. The third-order valence-electron chi connectivity index (χ3n) is 2.16. The lowest BCUT2D eigenvalue weighted by molar-refractivity contribution is -0.0317. The second-order valence-electron chi connectivity index (χ2n) is 3.07. The summed E-state index contributed by atoms with van der Waals surface area (Å²) in [6.45, 7) is 0. The van der Waals surface area contributed by atoms with Gasteiger partial charge in [0.2, 0.25) is 5.92 Å². The first-order valence-corrected chi connectivity index (χ1v) is 3.76. The summed E-state index contributed by atoms with van der Waals surface area (Å²) in [4.78, 5) is 0. The standard InChI is InChI=1S/C6H11BF2O2/c8-6(9)3-1-2-5(6)4-7(10)11/h5,10-11H,1-4H2. The average molecular weight is 164 g/mol. The van der Waals surface area contributed by atoms with Gasteiger partial charge in [-0.05, 0) is 19.2 Å². The van der Waals surface area contributed by atoms with Gasteiger partial charge in [0, 0.05) is 12.3 Å². The number of alkyl halides is 2. The number of halogens is 2. The van der Waals surface area contributed by atoms with Crippen LogP contribution in [0.15, 0.2) is 0 Å². The predicted octanol–water partition coefficient (Wildman–Crippen LogP) is 0.895. The molecule has 0 radical (unpaired) electrons. The van der Waals surface area contributed by atoms with Crippen molar-refractivity contribution in [3.8, 4) is 0 Å². The lowest BCUT2D eigenvalue weighted by atomic mass is 9.77. The Kier molecular flexibility index (Phi) is 2.49. The van der Waals surface area contributed by atoms with Crippen molar-refractivity contribution in [2.75, 3.05) is 0 Å². The van der Waals surface area contributed by atoms with Gasteiger partial charge in [-0.25, -0.2) is 8.78 Å². The smallest absolute Gasteiger partial charge is 0.427 e. The summed E-state index contributed by atoms with van der Waals surface area (Å²) >= 11 is 0. The van der Waals surface area contributed by atoms with Crippen LogP contribution in [-0.2, 0) is 0 Å². The Morgan fingerprint density at radius 3 is 2.45 bits per heavy atom. The van der Waals surface area contributed by atoms with E-state index in [4.69, 9.17) is 10.0 Å². The first-order chi connectivity index (χ1) is 5.02. The van der Waals surface area contributed by atoms with Crippen molar-refractivity contribution in [3.63, 3.8) is 0 Å². The van der Waals surface area contributed by atoms with Gasteiger partial charge in [0.15, 0.2) is 0 Å². The maximum Gasteiger partial charge on any atom is 0.451 e. The quantitative estimate of drug-likeness (QED) is 0.595. The highest BCUT2D eigenvalue weighted by atomic mass is 19.3. The van der Waals surface area contributed by atoms with Crippen LogP contribution in [0.1, 0.15) is 19.3 Å². The van der Waals surface area contributed by atoms with Crippen molar-refractivity contribution in [2.45, 2.75) is 31.5 Å². The number of hydrogen-bond acceptors (Lipinski definition) is 2. The van der Waals surface area contributed by atoms with Gasteiger partial charge in [0.05, 0.1) is 0 Å². The van der Waals surface area contributed by atoms with Crippen molar-refractivity contribution in [2.24, 2.45) is 5.92 Å². The maximum atomic E-state index is 12.7. The molecule has 0 aromatic heterocycles. The molecule has 2 N–H and O–H groups in total. The molecule has 0 amide bonds. The van der Waals surface area contributed by atoms with Crippen LogP contribution in [-0.4, -0.2) is 23.1 Å². The molecule has 64 valence electrons. The van der Waals surface area contributed by atoms with Gasteiger partial charge in [-0.1, -0.05) is 0 Å². The molecule has 0 aromatic rings. The summed E-state index contributed by atoms with van der Waals surface area (Å²) in [5.74, 6) is -3.51. The van der Waals surface area contributed by atoms with Crippen molar-refractivity contribution >= 4 is 7.12 Å². The van der Waals surface area contributed by atoms with E-state index in [-0.39, 0.29) is 12.7 Å². The Labute approximate surface area is 64.4 Å². The fourth-order valence-corrected chi connectivity index (χ4v) is 1.54. The van der Waals surface area contributed by atoms with Crippen LogP contribution in [0.2, 0.25) is 6.32 Å². The fraction of sp³-hybridized carbons (Fsp3) is 1.00. The predicted molar refractivity (Wildman–Crippen MR) is 37.3 cm³/mol. The van der Waals surface area contributed by atoms with Crippen LogP contribution in [0, 0.1) is 5.92 Å². The molecule has 1 unspecified atom stereocenters. The number of hydrogen-bond donors (Lipinski definition) is 2. The molecule has 1 saturated carbocycles. The van der Waals surface area contributed by atoms with E-state index in [9.17, 15) is 8.78 Å². The zero-order chi connectivity index (χ0) is 8.48. The molecule has 0 saturated heterocycles. The lowest BCUT2D eigenvalue weighted by Gasteiger charge is -2.17. The first kappa shape index (κ1) is 8.94. The highest BCUT2D eigenvalue weighted by molar-refractivity contribution is 6.41. The molecular weight excluding hydrogens is 153 g/mol. The summed E-state index contributed by atoms with van der Waals surface area (Å²) in [7, 11) is -1.59. The molecule has 0 bridgehead atoms. The third kappa shape index (κ3) is 2.14. The second-order valence-corrected chi connectivity index (χ2v) is 3.07. The van der Waals surface area contributed by atoms with E-state index >= 15 is 0 Å². The molecule has 1 aliphatic carbocycles. The zero-order valence-electron chi connectivity index (χ0n) is 6.13. The lowest BCUT2D eigenvalue weighted by Crippen LogP contribution is -2.27. The van der Waals surface area contributed by atoms with Gasteiger partial charge in [-0.2, -0.15) is 0 Å². The summed E-state index contributed by atoms with van der Waals surface area (Å²) < 4.78 is 25.5. The normalized spacial score (nSPS) is 28.9. The monoisotopic (exact) mass is 164 g/mol. The van der Waals surface area contributed by atoms with E-state index in [0.29, 0.717) is 12.8 Å². The van der Waals surface area contributed by atoms with Gasteiger partial charge < -0.3 is 10.0 Å². The minimum absolute atomic E-state index is 0.107. The fourth-order valence-electron chi connectivity index (χ4n) is 1.54. The summed E-state index contributed by atoms with van der Waals surface area (Å²) in [5.41, 5.74) is 0. The number of rotatable bonds is 2. The Hall–Kier alpha value is -0.155. The van der Waals surface area contributed by atoms with E-state index in [1.165, 1.54) is 0 Å². The van der Waals surface area contributed by atoms with Crippen LogP contribution in [0.25, 0.3) is 0 Å². The van der Waals surface area contributed by atoms with E-state index in [1.54, 1.807) is 0 Å². The SMILES string of the molecule is OB(O)CC1CCCC1(F)F. The van der Waals surface area contributed by atoms with E-state index in [2.05, 4.69) is 0 Å². The molecule has 1 atom stereocenters. The summed E-state index contributed by atoms with van der Waals surface area (Å²) in [6, 6.07) is 0. The zero-order valence-corrected chi connectivity index (χ0v) is 6.13. The molecule has 1 rings (SSSR count). The van der Waals surface area contributed by atoms with Crippen molar-refractivity contribution < 1.29 is 18.8 Å². The molecule has 1 aliphatic rings. The van der Waals surface area contributed by atoms with Crippen LogP contribution in [0.3, 0.4) is 0 Å². The van der Waals surface area contributed by atoms with Gasteiger partial charge in [-0.3, -0.25) is 0 Å². The molecule has 0 spiro atoms. The van der Waals surface area contributed by atoms with Gasteiger partial charge in [0.1, 0.15) is 0 Å². The highest BCUT2D eigenvalue weighted by Crippen LogP contribution is 2.42. The largest absolute Gasteiger partial charge is 0.451 e.